The highest BCUT2D eigenvalue weighted by molar-refractivity contribution is 5.92. The Hall–Kier alpha value is -3.68. The first-order chi connectivity index (χ1) is 15.2. The standard InChI is InChI=1S/C23H25N5O3/c1-30-20-12-6-17(7-13-20)15-24-31-16-22(29)25-19-10-8-18(9-11-19)23-27-26-21-5-3-2-4-14-28(21)23/h6-13,15H,2-5,14,16H2,1H3,(H,25,29)/b24-15-. The molecule has 31 heavy (non-hydrogen) atoms. The lowest BCUT2D eigenvalue weighted by Gasteiger charge is -2.08. The van der Waals surface area contributed by atoms with E-state index in [1.54, 1.807) is 13.3 Å². The number of rotatable bonds is 7. The van der Waals surface area contributed by atoms with E-state index in [-0.39, 0.29) is 12.5 Å². The van der Waals surface area contributed by atoms with Gasteiger partial charge < -0.3 is 19.5 Å². The number of ether oxygens (including phenoxy) is 1. The molecule has 1 N–H and O–H groups in total. The average molecular weight is 419 g/mol. The third-order valence-corrected chi connectivity index (χ3v) is 5.12. The Kier molecular flexibility index (Phi) is 6.56. The number of hydrogen-bond donors (Lipinski definition) is 1. The molecule has 0 unspecified atom stereocenters. The Balaban J connectivity index is 1.29. The minimum absolute atomic E-state index is 0.175. The molecule has 2 aromatic carbocycles. The molecule has 0 saturated carbocycles. The number of anilines is 1. The first-order valence-electron chi connectivity index (χ1n) is 10.3. The number of fused-ring (bicyclic) bond motifs is 1. The van der Waals surface area contributed by atoms with E-state index < -0.39 is 0 Å². The number of aryl methyl sites for hydroxylation is 1. The normalized spacial score (nSPS) is 13.5. The average Bonchev–Trinajstić information content (AvgIpc) is 3.05. The van der Waals surface area contributed by atoms with Crippen molar-refractivity contribution in [2.75, 3.05) is 19.0 Å². The summed E-state index contributed by atoms with van der Waals surface area (Å²) in [7, 11) is 1.61. The summed E-state index contributed by atoms with van der Waals surface area (Å²) in [6.45, 7) is 0.774. The van der Waals surface area contributed by atoms with Gasteiger partial charge in [-0.1, -0.05) is 11.6 Å². The molecule has 1 aliphatic rings. The number of nitrogens with one attached hydrogen (secondary N) is 1. The number of benzene rings is 2. The molecule has 2 heterocycles. The van der Waals surface area contributed by atoms with Crippen LogP contribution in [0.15, 0.2) is 53.7 Å². The summed E-state index contributed by atoms with van der Waals surface area (Å²) in [6.07, 6.45) is 6.05. The molecule has 1 aromatic heterocycles. The number of methoxy groups -OCH3 is 1. The highest BCUT2D eigenvalue weighted by Crippen LogP contribution is 2.24. The Morgan fingerprint density at radius 2 is 1.90 bits per heavy atom. The molecule has 3 aromatic rings. The van der Waals surface area contributed by atoms with Gasteiger partial charge in [-0.15, -0.1) is 10.2 Å². The highest BCUT2D eigenvalue weighted by atomic mass is 16.6. The second-order valence-electron chi connectivity index (χ2n) is 7.31. The molecule has 0 aliphatic carbocycles. The predicted octanol–water partition coefficient (Wildman–Crippen LogP) is 3.67. The van der Waals surface area contributed by atoms with Gasteiger partial charge in [-0.25, -0.2) is 0 Å². The summed E-state index contributed by atoms with van der Waals surface area (Å²) < 4.78 is 7.31. The summed E-state index contributed by atoms with van der Waals surface area (Å²) >= 11 is 0. The lowest BCUT2D eigenvalue weighted by Crippen LogP contribution is -2.16. The van der Waals surface area contributed by atoms with E-state index in [2.05, 4.69) is 25.2 Å². The monoisotopic (exact) mass is 419 g/mol. The number of carbonyl (C=O) groups is 1. The summed E-state index contributed by atoms with van der Waals surface area (Å²) in [4.78, 5) is 17.2. The molecule has 0 saturated heterocycles. The first-order valence-corrected chi connectivity index (χ1v) is 10.3. The van der Waals surface area contributed by atoms with Gasteiger partial charge in [0.1, 0.15) is 11.6 Å². The van der Waals surface area contributed by atoms with Crippen LogP contribution in [0.1, 0.15) is 30.7 Å². The smallest absolute Gasteiger partial charge is 0.265 e. The largest absolute Gasteiger partial charge is 0.497 e. The van der Waals surface area contributed by atoms with Crippen LogP contribution in [-0.4, -0.2) is 40.6 Å². The number of nitrogens with zero attached hydrogens (tertiary/aromatic N) is 4. The van der Waals surface area contributed by atoms with E-state index >= 15 is 0 Å². The minimum Gasteiger partial charge on any atom is -0.497 e. The third-order valence-electron chi connectivity index (χ3n) is 5.12. The van der Waals surface area contributed by atoms with Gasteiger partial charge in [0, 0.05) is 24.2 Å². The second-order valence-corrected chi connectivity index (χ2v) is 7.31. The topological polar surface area (TPSA) is 90.6 Å². The lowest BCUT2D eigenvalue weighted by atomic mass is 10.2. The maximum atomic E-state index is 12.1. The van der Waals surface area contributed by atoms with Crippen LogP contribution < -0.4 is 10.1 Å². The summed E-state index contributed by atoms with van der Waals surface area (Å²) in [5.41, 5.74) is 2.52. The SMILES string of the molecule is COc1ccc(/C=N\OCC(=O)Nc2ccc(-c3nnc4n3CCCCC4)cc2)cc1. The lowest BCUT2D eigenvalue weighted by molar-refractivity contribution is -0.120. The number of hydrogen-bond acceptors (Lipinski definition) is 6. The molecule has 1 amide bonds. The van der Waals surface area contributed by atoms with Crippen LogP contribution in [0.25, 0.3) is 11.4 Å². The van der Waals surface area contributed by atoms with Gasteiger partial charge in [-0.05, 0) is 66.9 Å². The molecule has 0 fully saturated rings. The fourth-order valence-electron chi connectivity index (χ4n) is 3.48. The van der Waals surface area contributed by atoms with Crippen LogP contribution in [0.4, 0.5) is 5.69 Å². The van der Waals surface area contributed by atoms with Crippen LogP contribution in [0.5, 0.6) is 5.75 Å². The van der Waals surface area contributed by atoms with Gasteiger partial charge in [0.15, 0.2) is 12.4 Å². The van der Waals surface area contributed by atoms with Crippen LogP contribution in [0.3, 0.4) is 0 Å². The maximum absolute atomic E-state index is 12.1. The van der Waals surface area contributed by atoms with Crippen molar-refractivity contribution < 1.29 is 14.4 Å². The molecular weight excluding hydrogens is 394 g/mol. The zero-order valence-electron chi connectivity index (χ0n) is 17.5. The van der Waals surface area contributed by atoms with E-state index in [1.807, 2.05) is 48.5 Å². The van der Waals surface area contributed by atoms with Crippen LogP contribution in [-0.2, 0) is 22.6 Å². The molecule has 8 nitrogen and oxygen atoms in total. The number of carbonyl (C=O) groups excluding carboxylic acids is 1. The van der Waals surface area contributed by atoms with Crippen molar-refractivity contribution in [3.63, 3.8) is 0 Å². The van der Waals surface area contributed by atoms with Crippen molar-refractivity contribution in [3.05, 3.63) is 59.9 Å². The number of aromatic nitrogens is 3. The zero-order chi connectivity index (χ0) is 21.5. The Bertz CT molecular complexity index is 1040. The summed E-state index contributed by atoms with van der Waals surface area (Å²) in [6, 6.07) is 15.0. The van der Waals surface area contributed by atoms with Crippen molar-refractivity contribution in [3.8, 4) is 17.1 Å². The fraction of sp³-hybridized carbons (Fsp3) is 0.304. The van der Waals surface area contributed by atoms with Crippen LogP contribution in [0.2, 0.25) is 0 Å². The molecule has 160 valence electrons. The van der Waals surface area contributed by atoms with Crippen molar-refractivity contribution >= 4 is 17.8 Å². The first kappa shape index (κ1) is 20.6. The van der Waals surface area contributed by atoms with E-state index in [0.717, 1.165) is 54.3 Å². The maximum Gasteiger partial charge on any atom is 0.265 e. The van der Waals surface area contributed by atoms with Crippen molar-refractivity contribution in [2.24, 2.45) is 5.16 Å². The Labute approximate surface area is 180 Å². The quantitative estimate of drug-likeness (QED) is 0.466. The third kappa shape index (κ3) is 5.28. The summed E-state index contributed by atoms with van der Waals surface area (Å²) in [5, 5.41) is 15.3. The molecule has 0 bridgehead atoms. The molecular formula is C23H25N5O3. The van der Waals surface area contributed by atoms with E-state index in [4.69, 9.17) is 9.57 Å². The molecule has 8 heteroatoms. The highest BCUT2D eigenvalue weighted by Gasteiger charge is 2.16. The molecule has 1 aliphatic heterocycles. The number of amides is 1. The van der Waals surface area contributed by atoms with Crippen LogP contribution in [0, 0.1) is 0 Å². The van der Waals surface area contributed by atoms with E-state index in [9.17, 15) is 4.79 Å². The molecule has 0 atom stereocenters. The second kappa shape index (κ2) is 9.88. The van der Waals surface area contributed by atoms with Gasteiger partial charge in [-0.3, -0.25) is 4.79 Å². The van der Waals surface area contributed by atoms with Crippen molar-refractivity contribution in [2.45, 2.75) is 32.2 Å². The summed E-state index contributed by atoms with van der Waals surface area (Å²) in [5.74, 6) is 2.42. The van der Waals surface area contributed by atoms with Crippen molar-refractivity contribution in [1.29, 1.82) is 0 Å². The van der Waals surface area contributed by atoms with Gasteiger partial charge >= 0.3 is 0 Å². The van der Waals surface area contributed by atoms with Crippen molar-refractivity contribution in [1.82, 2.24) is 14.8 Å². The van der Waals surface area contributed by atoms with Gasteiger partial charge in [0.05, 0.1) is 13.3 Å². The predicted molar refractivity (Wildman–Crippen MR) is 118 cm³/mol. The van der Waals surface area contributed by atoms with E-state index in [0.29, 0.717) is 5.69 Å². The fourth-order valence-corrected chi connectivity index (χ4v) is 3.48. The van der Waals surface area contributed by atoms with Gasteiger partial charge in [0.2, 0.25) is 0 Å². The van der Waals surface area contributed by atoms with Gasteiger partial charge in [-0.2, -0.15) is 0 Å². The molecule has 0 radical (unpaired) electrons. The van der Waals surface area contributed by atoms with E-state index in [1.165, 1.54) is 6.42 Å². The number of oxime groups is 1. The molecule has 0 spiro atoms. The zero-order valence-corrected chi connectivity index (χ0v) is 17.5. The minimum atomic E-state index is -0.282. The van der Waals surface area contributed by atoms with Gasteiger partial charge in [0.25, 0.3) is 5.91 Å². The van der Waals surface area contributed by atoms with Crippen LogP contribution >= 0.6 is 0 Å². The molecule has 4 rings (SSSR count). The Morgan fingerprint density at radius 3 is 2.68 bits per heavy atom. The Morgan fingerprint density at radius 1 is 1.10 bits per heavy atom.